The van der Waals surface area contributed by atoms with Crippen molar-refractivity contribution in [2.45, 2.75) is 33.6 Å². The van der Waals surface area contributed by atoms with Crippen LogP contribution in [0.25, 0.3) is 0 Å². The van der Waals surface area contributed by atoms with Crippen molar-refractivity contribution in [1.82, 2.24) is 5.32 Å². The van der Waals surface area contributed by atoms with E-state index >= 15 is 0 Å². The molecule has 84 valence electrons. The van der Waals surface area contributed by atoms with Crippen LogP contribution in [0.15, 0.2) is 0 Å². The molecule has 1 aliphatic carbocycles. The van der Waals surface area contributed by atoms with Crippen LogP contribution < -0.4 is 5.32 Å². The summed E-state index contributed by atoms with van der Waals surface area (Å²) in [4.78, 5) is 0. The lowest BCUT2D eigenvalue weighted by Gasteiger charge is -2.29. The minimum Gasteiger partial charge on any atom is -0.384 e. The van der Waals surface area contributed by atoms with Crippen LogP contribution in [-0.2, 0) is 4.74 Å². The van der Waals surface area contributed by atoms with E-state index in [1.165, 1.54) is 12.8 Å². The Kier molecular flexibility index (Phi) is 4.39. The van der Waals surface area contributed by atoms with Gasteiger partial charge in [-0.2, -0.15) is 0 Å². The molecule has 2 nitrogen and oxygen atoms in total. The average molecular weight is 199 g/mol. The molecule has 1 atom stereocenters. The lowest BCUT2D eigenvalue weighted by molar-refractivity contribution is 0.0744. The summed E-state index contributed by atoms with van der Waals surface area (Å²) in [6.45, 7) is 9.95. The molecular formula is C12H25NO. The second-order valence-corrected chi connectivity index (χ2v) is 5.39. The lowest BCUT2D eigenvalue weighted by Crippen LogP contribution is -2.38. The Morgan fingerprint density at radius 1 is 1.43 bits per heavy atom. The zero-order valence-corrected chi connectivity index (χ0v) is 10.1. The SMILES string of the molecule is COCC(C)(CNCC(C)C)C1CC1. The van der Waals surface area contributed by atoms with Crippen LogP contribution in [0.3, 0.4) is 0 Å². The minimum atomic E-state index is 0.365. The average Bonchev–Trinajstić information content (AvgIpc) is 2.85. The zero-order valence-electron chi connectivity index (χ0n) is 10.1. The normalized spacial score (nSPS) is 21.2. The van der Waals surface area contributed by atoms with Crippen LogP contribution in [0.1, 0.15) is 33.6 Å². The van der Waals surface area contributed by atoms with Crippen molar-refractivity contribution in [3.05, 3.63) is 0 Å². The molecule has 1 fully saturated rings. The van der Waals surface area contributed by atoms with E-state index in [1.54, 1.807) is 0 Å². The van der Waals surface area contributed by atoms with E-state index in [2.05, 4.69) is 26.1 Å². The lowest BCUT2D eigenvalue weighted by atomic mass is 9.85. The van der Waals surface area contributed by atoms with Crippen LogP contribution >= 0.6 is 0 Å². The maximum atomic E-state index is 5.33. The predicted octanol–water partition coefficient (Wildman–Crippen LogP) is 2.29. The number of methoxy groups -OCH3 is 1. The number of hydrogen-bond acceptors (Lipinski definition) is 2. The van der Waals surface area contributed by atoms with Crippen molar-refractivity contribution in [2.75, 3.05) is 26.8 Å². The Morgan fingerprint density at radius 3 is 2.50 bits per heavy atom. The van der Waals surface area contributed by atoms with E-state index in [0.717, 1.165) is 31.5 Å². The molecule has 0 bridgehead atoms. The van der Waals surface area contributed by atoms with Crippen molar-refractivity contribution in [1.29, 1.82) is 0 Å². The fourth-order valence-electron chi connectivity index (χ4n) is 2.07. The molecule has 0 aromatic heterocycles. The van der Waals surface area contributed by atoms with Gasteiger partial charge >= 0.3 is 0 Å². The maximum absolute atomic E-state index is 5.33. The minimum absolute atomic E-state index is 0.365. The fourth-order valence-corrected chi connectivity index (χ4v) is 2.07. The van der Waals surface area contributed by atoms with E-state index < -0.39 is 0 Å². The molecule has 2 heteroatoms. The highest BCUT2D eigenvalue weighted by molar-refractivity contribution is 4.92. The molecule has 0 spiro atoms. The highest BCUT2D eigenvalue weighted by Gasteiger charge is 2.41. The van der Waals surface area contributed by atoms with Crippen molar-refractivity contribution in [3.63, 3.8) is 0 Å². The van der Waals surface area contributed by atoms with Gasteiger partial charge in [-0.1, -0.05) is 20.8 Å². The molecule has 1 unspecified atom stereocenters. The number of ether oxygens (including phenoxy) is 1. The smallest absolute Gasteiger partial charge is 0.0530 e. The summed E-state index contributed by atoms with van der Waals surface area (Å²) in [6, 6.07) is 0. The second kappa shape index (κ2) is 5.13. The summed E-state index contributed by atoms with van der Waals surface area (Å²) in [7, 11) is 1.81. The summed E-state index contributed by atoms with van der Waals surface area (Å²) >= 11 is 0. The molecule has 1 saturated carbocycles. The molecule has 0 aromatic rings. The Hall–Kier alpha value is -0.0800. The van der Waals surface area contributed by atoms with Crippen LogP contribution in [-0.4, -0.2) is 26.8 Å². The highest BCUT2D eigenvalue weighted by atomic mass is 16.5. The molecule has 1 aliphatic rings. The van der Waals surface area contributed by atoms with Crippen LogP contribution in [0, 0.1) is 17.3 Å². The number of nitrogens with one attached hydrogen (secondary N) is 1. The third kappa shape index (κ3) is 3.58. The van der Waals surface area contributed by atoms with Crippen molar-refractivity contribution < 1.29 is 4.74 Å². The first kappa shape index (κ1) is 12.0. The number of hydrogen-bond donors (Lipinski definition) is 1. The van der Waals surface area contributed by atoms with Gasteiger partial charge in [0.05, 0.1) is 6.61 Å². The molecule has 0 saturated heterocycles. The van der Waals surface area contributed by atoms with Crippen molar-refractivity contribution >= 4 is 0 Å². The largest absolute Gasteiger partial charge is 0.384 e. The van der Waals surface area contributed by atoms with Crippen molar-refractivity contribution in [2.24, 2.45) is 17.3 Å². The van der Waals surface area contributed by atoms with E-state index in [1.807, 2.05) is 7.11 Å². The summed E-state index contributed by atoms with van der Waals surface area (Å²) < 4.78 is 5.33. The highest BCUT2D eigenvalue weighted by Crippen LogP contribution is 2.45. The quantitative estimate of drug-likeness (QED) is 0.679. The molecule has 0 aromatic carbocycles. The molecule has 0 heterocycles. The summed E-state index contributed by atoms with van der Waals surface area (Å²) in [5.74, 6) is 1.63. The zero-order chi connectivity index (χ0) is 10.6. The molecule has 1 rings (SSSR count). The Labute approximate surface area is 88.4 Å². The summed E-state index contributed by atoms with van der Waals surface area (Å²) in [6.07, 6.45) is 2.78. The standard InChI is InChI=1S/C12H25NO/c1-10(2)7-13-8-12(3,9-14-4)11-5-6-11/h10-11,13H,5-9H2,1-4H3. The van der Waals surface area contributed by atoms with Gasteiger partial charge in [0.25, 0.3) is 0 Å². The predicted molar refractivity (Wildman–Crippen MR) is 60.4 cm³/mol. The van der Waals surface area contributed by atoms with Crippen molar-refractivity contribution in [3.8, 4) is 0 Å². The molecule has 1 N–H and O–H groups in total. The van der Waals surface area contributed by atoms with Gasteiger partial charge in [0.2, 0.25) is 0 Å². The molecular weight excluding hydrogens is 174 g/mol. The second-order valence-electron chi connectivity index (χ2n) is 5.39. The Balaban J connectivity index is 2.27. The summed E-state index contributed by atoms with van der Waals surface area (Å²) in [5.41, 5.74) is 0.365. The maximum Gasteiger partial charge on any atom is 0.0530 e. The third-order valence-electron chi connectivity index (χ3n) is 3.12. The first-order valence-electron chi connectivity index (χ1n) is 5.78. The molecule has 0 radical (unpaired) electrons. The fraction of sp³-hybridized carbons (Fsp3) is 1.00. The molecule has 0 amide bonds. The van der Waals surface area contributed by atoms with Crippen LogP contribution in [0.2, 0.25) is 0 Å². The van der Waals surface area contributed by atoms with Gasteiger partial charge in [-0.25, -0.2) is 0 Å². The van der Waals surface area contributed by atoms with Gasteiger partial charge in [-0.05, 0) is 31.2 Å². The molecule has 14 heavy (non-hydrogen) atoms. The van der Waals surface area contributed by atoms with E-state index in [-0.39, 0.29) is 0 Å². The Morgan fingerprint density at radius 2 is 2.07 bits per heavy atom. The first-order valence-corrected chi connectivity index (χ1v) is 5.78. The third-order valence-corrected chi connectivity index (χ3v) is 3.12. The topological polar surface area (TPSA) is 21.3 Å². The van der Waals surface area contributed by atoms with E-state index in [9.17, 15) is 0 Å². The number of rotatable bonds is 7. The summed E-state index contributed by atoms with van der Waals surface area (Å²) in [5, 5.41) is 3.55. The van der Waals surface area contributed by atoms with Gasteiger partial charge in [0.1, 0.15) is 0 Å². The monoisotopic (exact) mass is 199 g/mol. The van der Waals surface area contributed by atoms with Crippen LogP contribution in [0.5, 0.6) is 0 Å². The molecule has 0 aliphatic heterocycles. The van der Waals surface area contributed by atoms with Gasteiger partial charge in [-0.3, -0.25) is 0 Å². The van der Waals surface area contributed by atoms with E-state index in [0.29, 0.717) is 5.41 Å². The van der Waals surface area contributed by atoms with Crippen LogP contribution in [0.4, 0.5) is 0 Å². The van der Waals surface area contributed by atoms with Gasteiger partial charge in [0.15, 0.2) is 0 Å². The Bertz CT molecular complexity index is 166. The van der Waals surface area contributed by atoms with Gasteiger partial charge in [-0.15, -0.1) is 0 Å². The first-order chi connectivity index (χ1) is 6.58. The van der Waals surface area contributed by atoms with Gasteiger partial charge < -0.3 is 10.1 Å². The van der Waals surface area contributed by atoms with Gasteiger partial charge in [0, 0.05) is 19.1 Å². The van der Waals surface area contributed by atoms with E-state index in [4.69, 9.17) is 4.74 Å².